The van der Waals surface area contributed by atoms with Crippen molar-refractivity contribution in [3.8, 4) is 11.5 Å². The summed E-state index contributed by atoms with van der Waals surface area (Å²) in [5.41, 5.74) is 2.43. The highest BCUT2D eigenvalue weighted by Gasteiger charge is 2.04. The molecule has 2 heteroatoms. The first-order valence-electron chi connectivity index (χ1n) is 7.18. The number of ether oxygens (including phenoxy) is 1. The van der Waals surface area contributed by atoms with Crippen LogP contribution in [0.15, 0.2) is 48.5 Å². The monoisotopic (exact) mass is 269 g/mol. The van der Waals surface area contributed by atoms with Gasteiger partial charge in [0.1, 0.15) is 11.5 Å². The smallest absolute Gasteiger partial charge is 0.131 e. The maximum absolute atomic E-state index is 5.98. The van der Waals surface area contributed by atoms with Crippen LogP contribution < -0.4 is 10.1 Å². The summed E-state index contributed by atoms with van der Waals surface area (Å²) >= 11 is 0. The van der Waals surface area contributed by atoms with Crippen LogP contribution in [0.4, 0.5) is 0 Å². The van der Waals surface area contributed by atoms with E-state index in [-0.39, 0.29) is 0 Å². The third-order valence-corrected chi connectivity index (χ3v) is 3.09. The molecule has 0 fully saturated rings. The zero-order valence-electron chi connectivity index (χ0n) is 12.5. The molecule has 0 spiro atoms. The summed E-state index contributed by atoms with van der Waals surface area (Å²) in [6, 6.07) is 16.3. The molecule has 0 aliphatic rings. The van der Waals surface area contributed by atoms with Gasteiger partial charge in [0.15, 0.2) is 0 Å². The normalized spacial score (nSPS) is 10.8. The topological polar surface area (TPSA) is 21.3 Å². The molecule has 0 aromatic heterocycles. The number of nitrogens with one attached hydrogen (secondary N) is 1. The van der Waals surface area contributed by atoms with Gasteiger partial charge in [0.2, 0.25) is 0 Å². The van der Waals surface area contributed by atoms with Crippen molar-refractivity contribution in [2.24, 2.45) is 5.92 Å². The maximum atomic E-state index is 5.98. The summed E-state index contributed by atoms with van der Waals surface area (Å²) in [6.45, 7) is 8.34. The Morgan fingerprint density at radius 2 is 1.70 bits per heavy atom. The minimum atomic E-state index is 0.653. The average Bonchev–Trinajstić information content (AvgIpc) is 2.43. The zero-order valence-corrected chi connectivity index (χ0v) is 12.5. The SMILES string of the molecule is Cc1ccc(Oc2ccccc2CNCC(C)C)cc1. The Balaban J connectivity index is 2.05. The largest absolute Gasteiger partial charge is 0.457 e. The fraction of sp³-hybridized carbons (Fsp3) is 0.333. The first-order valence-corrected chi connectivity index (χ1v) is 7.18. The molecule has 0 heterocycles. The van der Waals surface area contributed by atoms with Crippen molar-refractivity contribution in [3.05, 3.63) is 59.7 Å². The first-order chi connectivity index (χ1) is 9.65. The first kappa shape index (κ1) is 14.6. The molecule has 0 bridgehead atoms. The van der Waals surface area contributed by atoms with E-state index in [2.05, 4.69) is 44.3 Å². The van der Waals surface area contributed by atoms with Crippen LogP contribution in [-0.2, 0) is 6.54 Å². The molecule has 2 aromatic rings. The summed E-state index contributed by atoms with van der Waals surface area (Å²) in [6.07, 6.45) is 0. The summed E-state index contributed by atoms with van der Waals surface area (Å²) < 4.78 is 5.98. The Morgan fingerprint density at radius 3 is 2.40 bits per heavy atom. The number of rotatable bonds is 6. The standard InChI is InChI=1S/C18H23NO/c1-14(2)12-19-13-16-6-4-5-7-18(16)20-17-10-8-15(3)9-11-17/h4-11,14,19H,12-13H2,1-3H3. The number of benzene rings is 2. The third-order valence-electron chi connectivity index (χ3n) is 3.09. The van der Waals surface area contributed by atoms with E-state index in [9.17, 15) is 0 Å². The van der Waals surface area contributed by atoms with Crippen LogP contribution in [0, 0.1) is 12.8 Å². The Morgan fingerprint density at radius 1 is 1.00 bits per heavy atom. The highest BCUT2D eigenvalue weighted by atomic mass is 16.5. The predicted octanol–water partition coefficient (Wildman–Crippen LogP) is 4.53. The van der Waals surface area contributed by atoms with Gasteiger partial charge in [0, 0.05) is 12.1 Å². The van der Waals surface area contributed by atoms with Crippen LogP contribution in [0.25, 0.3) is 0 Å². The van der Waals surface area contributed by atoms with Gasteiger partial charge in [-0.25, -0.2) is 0 Å². The molecule has 2 aromatic carbocycles. The molecule has 0 atom stereocenters. The van der Waals surface area contributed by atoms with E-state index >= 15 is 0 Å². The quantitative estimate of drug-likeness (QED) is 0.831. The molecule has 0 radical (unpaired) electrons. The second kappa shape index (κ2) is 7.11. The number of para-hydroxylation sites is 1. The van der Waals surface area contributed by atoms with Crippen molar-refractivity contribution in [2.45, 2.75) is 27.3 Å². The Labute approximate surface area is 121 Å². The number of hydrogen-bond donors (Lipinski definition) is 1. The molecular weight excluding hydrogens is 246 g/mol. The average molecular weight is 269 g/mol. The van der Waals surface area contributed by atoms with Gasteiger partial charge in [-0.15, -0.1) is 0 Å². The lowest BCUT2D eigenvalue weighted by molar-refractivity contribution is 0.469. The van der Waals surface area contributed by atoms with Crippen molar-refractivity contribution in [1.29, 1.82) is 0 Å². The van der Waals surface area contributed by atoms with E-state index in [1.54, 1.807) is 0 Å². The lowest BCUT2D eigenvalue weighted by Gasteiger charge is -2.13. The Kier molecular flexibility index (Phi) is 5.19. The van der Waals surface area contributed by atoms with E-state index in [4.69, 9.17) is 4.74 Å². The molecule has 20 heavy (non-hydrogen) atoms. The maximum Gasteiger partial charge on any atom is 0.131 e. The fourth-order valence-corrected chi connectivity index (χ4v) is 1.98. The molecule has 2 rings (SSSR count). The molecule has 0 aliphatic heterocycles. The fourth-order valence-electron chi connectivity index (χ4n) is 1.98. The molecule has 2 nitrogen and oxygen atoms in total. The molecule has 0 saturated carbocycles. The number of aryl methyl sites for hydroxylation is 1. The van der Waals surface area contributed by atoms with Gasteiger partial charge in [-0.1, -0.05) is 49.7 Å². The Bertz CT molecular complexity index is 531. The van der Waals surface area contributed by atoms with Crippen LogP contribution in [0.2, 0.25) is 0 Å². The van der Waals surface area contributed by atoms with Crippen LogP contribution in [-0.4, -0.2) is 6.54 Å². The highest BCUT2D eigenvalue weighted by Crippen LogP contribution is 2.25. The van der Waals surface area contributed by atoms with Gasteiger partial charge >= 0.3 is 0 Å². The van der Waals surface area contributed by atoms with Gasteiger partial charge in [0.05, 0.1) is 0 Å². The second-order valence-electron chi connectivity index (χ2n) is 5.55. The van der Waals surface area contributed by atoms with E-state index in [1.807, 2.05) is 30.3 Å². The van der Waals surface area contributed by atoms with Gasteiger partial charge in [0.25, 0.3) is 0 Å². The molecular formula is C18H23NO. The lowest BCUT2D eigenvalue weighted by atomic mass is 10.1. The summed E-state index contributed by atoms with van der Waals surface area (Å²) in [4.78, 5) is 0. The molecule has 0 aliphatic carbocycles. The van der Waals surface area contributed by atoms with E-state index in [0.29, 0.717) is 5.92 Å². The Hall–Kier alpha value is -1.80. The van der Waals surface area contributed by atoms with Crippen LogP contribution in [0.1, 0.15) is 25.0 Å². The van der Waals surface area contributed by atoms with Crippen LogP contribution in [0.3, 0.4) is 0 Å². The van der Waals surface area contributed by atoms with Crippen molar-refractivity contribution >= 4 is 0 Å². The van der Waals surface area contributed by atoms with E-state index in [1.165, 1.54) is 11.1 Å². The summed E-state index contributed by atoms with van der Waals surface area (Å²) in [5.74, 6) is 2.46. The zero-order chi connectivity index (χ0) is 14.4. The van der Waals surface area contributed by atoms with Gasteiger partial charge < -0.3 is 10.1 Å². The van der Waals surface area contributed by atoms with E-state index < -0.39 is 0 Å². The molecule has 0 amide bonds. The van der Waals surface area contributed by atoms with E-state index in [0.717, 1.165) is 24.6 Å². The van der Waals surface area contributed by atoms with Gasteiger partial charge in [-0.3, -0.25) is 0 Å². The molecule has 1 N–H and O–H groups in total. The predicted molar refractivity (Wildman–Crippen MR) is 84.2 cm³/mol. The van der Waals surface area contributed by atoms with Crippen LogP contribution >= 0.6 is 0 Å². The third kappa shape index (κ3) is 4.39. The van der Waals surface area contributed by atoms with Crippen LogP contribution in [0.5, 0.6) is 11.5 Å². The minimum absolute atomic E-state index is 0.653. The molecule has 106 valence electrons. The minimum Gasteiger partial charge on any atom is -0.457 e. The second-order valence-corrected chi connectivity index (χ2v) is 5.55. The van der Waals surface area contributed by atoms with Crippen molar-refractivity contribution in [1.82, 2.24) is 5.32 Å². The van der Waals surface area contributed by atoms with Gasteiger partial charge in [-0.2, -0.15) is 0 Å². The van der Waals surface area contributed by atoms with Crippen molar-refractivity contribution in [2.75, 3.05) is 6.54 Å². The number of hydrogen-bond acceptors (Lipinski definition) is 2. The lowest BCUT2D eigenvalue weighted by Crippen LogP contribution is -2.19. The molecule has 0 saturated heterocycles. The molecule has 0 unspecified atom stereocenters. The highest BCUT2D eigenvalue weighted by molar-refractivity contribution is 5.38. The van der Waals surface area contributed by atoms with Crippen molar-refractivity contribution in [3.63, 3.8) is 0 Å². The van der Waals surface area contributed by atoms with Crippen molar-refractivity contribution < 1.29 is 4.74 Å². The van der Waals surface area contributed by atoms with Gasteiger partial charge in [-0.05, 0) is 37.6 Å². The summed E-state index contributed by atoms with van der Waals surface area (Å²) in [7, 11) is 0. The summed E-state index contributed by atoms with van der Waals surface area (Å²) in [5, 5.41) is 3.46.